The summed E-state index contributed by atoms with van der Waals surface area (Å²) in [5, 5.41) is 20.8. The topological polar surface area (TPSA) is 66.6 Å². The largest absolute Gasteiger partial charge is 0.390 e. The number of hydrogen-bond donors (Lipinski definition) is 1. The van der Waals surface area contributed by atoms with E-state index in [4.69, 9.17) is 0 Å². The highest BCUT2D eigenvalue weighted by molar-refractivity contribution is 9.10. The molecule has 0 saturated carbocycles. The lowest BCUT2D eigenvalue weighted by Crippen LogP contribution is -2.28. The molecular weight excluding hydrogens is 324 g/mol. The molecule has 5 nitrogen and oxygen atoms in total. The first kappa shape index (κ1) is 15.4. The van der Waals surface area contributed by atoms with E-state index in [0.717, 1.165) is 48.9 Å². The quantitative estimate of drug-likeness (QED) is 0.677. The van der Waals surface area contributed by atoms with E-state index in [1.807, 2.05) is 6.92 Å². The van der Waals surface area contributed by atoms with Crippen LogP contribution in [0.3, 0.4) is 0 Å². The van der Waals surface area contributed by atoms with Gasteiger partial charge in [-0.1, -0.05) is 15.9 Å². The van der Waals surface area contributed by atoms with Crippen LogP contribution in [0.15, 0.2) is 22.7 Å². The summed E-state index contributed by atoms with van der Waals surface area (Å²) in [6, 6.07) is 4.88. The Bertz CT molecular complexity index is 505. The molecule has 0 bridgehead atoms. The molecule has 2 rings (SSSR count). The van der Waals surface area contributed by atoms with E-state index in [-0.39, 0.29) is 5.69 Å². The summed E-state index contributed by atoms with van der Waals surface area (Å²) in [4.78, 5) is 12.6. The zero-order valence-electron chi connectivity index (χ0n) is 11.5. The van der Waals surface area contributed by atoms with Gasteiger partial charge in [0, 0.05) is 29.7 Å². The number of benzene rings is 1. The highest BCUT2D eigenvalue weighted by Crippen LogP contribution is 2.26. The fourth-order valence-electron chi connectivity index (χ4n) is 2.50. The van der Waals surface area contributed by atoms with Gasteiger partial charge in [0.15, 0.2) is 0 Å². The standard InChI is InChI=1S/C14H19BrN2O3/c1-14(18)5-2-7-16(8-6-14)10-11-3-4-12(17(19)20)9-13(11)15/h3-4,9,18H,2,5-8,10H2,1H3. The third kappa shape index (κ3) is 4.01. The minimum atomic E-state index is -0.568. The van der Waals surface area contributed by atoms with Crippen molar-refractivity contribution in [2.45, 2.75) is 38.3 Å². The maximum absolute atomic E-state index is 10.7. The van der Waals surface area contributed by atoms with Crippen molar-refractivity contribution in [2.75, 3.05) is 13.1 Å². The summed E-state index contributed by atoms with van der Waals surface area (Å²) in [5.41, 5.74) is 0.568. The molecule has 1 N–H and O–H groups in total. The number of non-ortho nitro benzene ring substituents is 1. The number of nitro groups is 1. The second-order valence-corrected chi connectivity index (χ2v) is 6.51. The number of nitro benzene ring substituents is 1. The Labute approximate surface area is 126 Å². The molecule has 1 aromatic carbocycles. The van der Waals surface area contributed by atoms with Gasteiger partial charge in [-0.15, -0.1) is 0 Å². The fraction of sp³-hybridized carbons (Fsp3) is 0.571. The van der Waals surface area contributed by atoms with Gasteiger partial charge in [-0.05, 0) is 44.4 Å². The molecule has 1 aromatic rings. The first-order chi connectivity index (χ1) is 9.37. The molecule has 0 aromatic heterocycles. The van der Waals surface area contributed by atoms with Crippen molar-refractivity contribution in [2.24, 2.45) is 0 Å². The SMILES string of the molecule is CC1(O)CCCN(Cc2ccc([N+](=O)[O-])cc2Br)CC1. The lowest BCUT2D eigenvalue weighted by Gasteiger charge is -2.22. The highest BCUT2D eigenvalue weighted by Gasteiger charge is 2.25. The van der Waals surface area contributed by atoms with E-state index < -0.39 is 10.5 Å². The second-order valence-electron chi connectivity index (χ2n) is 5.66. The third-order valence-electron chi connectivity index (χ3n) is 3.80. The van der Waals surface area contributed by atoms with Crippen LogP contribution in [0.4, 0.5) is 5.69 Å². The first-order valence-electron chi connectivity index (χ1n) is 6.75. The first-order valence-corrected chi connectivity index (χ1v) is 7.54. The van der Waals surface area contributed by atoms with Crippen molar-refractivity contribution in [3.05, 3.63) is 38.3 Å². The molecule has 1 unspecified atom stereocenters. The van der Waals surface area contributed by atoms with Crippen LogP contribution in [0.25, 0.3) is 0 Å². The number of hydrogen-bond acceptors (Lipinski definition) is 4. The lowest BCUT2D eigenvalue weighted by molar-refractivity contribution is -0.384. The molecule has 0 radical (unpaired) electrons. The van der Waals surface area contributed by atoms with Gasteiger partial charge in [0.25, 0.3) is 5.69 Å². The maximum Gasteiger partial charge on any atom is 0.270 e. The smallest absolute Gasteiger partial charge is 0.270 e. The summed E-state index contributed by atoms with van der Waals surface area (Å²) >= 11 is 3.40. The van der Waals surface area contributed by atoms with Crippen molar-refractivity contribution in [3.63, 3.8) is 0 Å². The van der Waals surface area contributed by atoms with E-state index in [0.29, 0.717) is 0 Å². The molecular formula is C14H19BrN2O3. The summed E-state index contributed by atoms with van der Waals surface area (Å²) < 4.78 is 0.766. The molecule has 1 aliphatic rings. The lowest BCUT2D eigenvalue weighted by atomic mass is 9.98. The number of rotatable bonds is 3. The van der Waals surface area contributed by atoms with Crippen molar-refractivity contribution in [1.82, 2.24) is 4.90 Å². The summed E-state index contributed by atoms with van der Waals surface area (Å²) in [5.74, 6) is 0. The Hall–Kier alpha value is -0.980. The Morgan fingerprint density at radius 1 is 1.45 bits per heavy atom. The number of nitrogens with zero attached hydrogens (tertiary/aromatic N) is 2. The Balaban J connectivity index is 2.05. The molecule has 0 aliphatic carbocycles. The normalized spacial score (nSPS) is 24.4. The Morgan fingerprint density at radius 3 is 2.85 bits per heavy atom. The summed E-state index contributed by atoms with van der Waals surface area (Å²) in [7, 11) is 0. The van der Waals surface area contributed by atoms with Gasteiger partial charge in [-0.25, -0.2) is 0 Å². The van der Waals surface area contributed by atoms with Gasteiger partial charge < -0.3 is 5.11 Å². The van der Waals surface area contributed by atoms with Gasteiger partial charge in [0.1, 0.15) is 0 Å². The van der Waals surface area contributed by atoms with Gasteiger partial charge in [0.2, 0.25) is 0 Å². The minimum Gasteiger partial charge on any atom is -0.390 e. The predicted molar refractivity (Wildman–Crippen MR) is 80.5 cm³/mol. The van der Waals surface area contributed by atoms with Crippen LogP contribution in [0.2, 0.25) is 0 Å². The molecule has 1 atom stereocenters. The number of halogens is 1. The van der Waals surface area contributed by atoms with Crippen LogP contribution in [0, 0.1) is 10.1 Å². The number of likely N-dealkylation sites (tertiary alicyclic amines) is 1. The van der Waals surface area contributed by atoms with Crippen molar-refractivity contribution >= 4 is 21.6 Å². The molecule has 1 heterocycles. The summed E-state index contributed by atoms with van der Waals surface area (Å²) in [6.45, 7) is 4.42. The van der Waals surface area contributed by atoms with Gasteiger partial charge >= 0.3 is 0 Å². The fourth-order valence-corrected chi connectivity index (χ4v) is 2.99. The molecule has 1 fully saturated rings. The Morgan fingerprint density at radius 2 is 2.20 bits per heavy atom. The van der Waals surface area contributed by atoms with Crippen LogP contribution < -0.4 is 0 Å². The van der Waals surface area contributed by atoms with Gasteiger partial charge in [-0.2, -0.15) is 0 Å². The van der Waals surface area contributed by atoms with Gasteiger partial charge in [-0.3, -0.25) is 15.0 Å². The molecule has 1 saturated heterocycles. The van der Waals surface area contributed by atoms with E-state index in [2.05, 4.69) is 20.8 Å². The van der Waals surface area contributed by atoms with Crippen LogP contribution >= 0.6 is 15.9 Å². The highest BCUT2D eigenvalue weighted by atomic mass is 79.9. The average molecular weight is 343 g/mol. The predicted octanol–water partition coefficient (Wildman–Crippen LogP) is 3.09. The van der Waals surface area contributed by atoms with Crippen molar-refractivity contribution in [3.8, 4) is 0 Å². The van der Waals surface area contributed by atoms with E-state index in [1.165, 1.54) is 6.07 Å². The minimum absolute atomic E-state index is 0.0967. The average Bonchev–Trinajstić information content (AvgIpc) is 2.53. The van der Waals surface area contributed by atoms with Crippen molar-refractivity contribution < 1.29 is 10.0 Å². The Kier molecular flexibility index (Phi) is 4.78. The molecule has 110 valence electrons. The maximum atomic E-state index is 10.7. The molecule has 0 amide bonds. The van der Waals surface area contributed by atoms with Gasteiger partial charge in [0.05, 0.1) is 10.5 Å². The third-order valence-corrected chi connectivity index (χ3v) is 4.54. The monoisotopic (exact) mass is 342 g/mol. The van der Waals surface area contributed by atoms with E-state index in [1.54, 1.807) is 12.1 Å². The van der Waals surface area contributed by atoms with Crippen LogP contribution in [0.5, 0.6) is 0 Å². The molecule has 1 aliphatic heterocycles. The number of aliphatic hydroxyl groups is 1. The second kappa shape index (κ2) is 6.20. The molecule has 6 heteroatoms. The zero-order valence-corrected chi connectivity index (χ0v) is 13.1. The van der Waals surface area contributed by atoms with Crippen LogP contribution in [-0.2, 0) is 6.54 Å². The van der Waals surface area contributed by atoms with E-state index >= 15 is 0 Å². The van der Waals surface area contributed by atoms with E-state index in [9.17, 15) is 15.2 Å². The van der Waals surface area contributed by atoms with Crippen molar-refractivity contribution in [1.29, 1.82) is 0 Å². The molecule has 0 spiro atoms. The van der Waals surface area contributed by atoms with Crippen LogP contribution in [-0.4, -0.2) is 33.6 Å². The van der Waals surface area contributed by atoms with Crippen LogP contribution in [0.1, 0.15) is 31.7 Å². The molecule has 20 heavy (non-hydrogen) atoms. The summed E-state index contributed by atoms with van der Waals surface area (Å²) in [6.07, 6.45) is 2.56. The zero-order chi connectivity index (χ0) is 14.8.